The molecule has 0 saturated carbocycles. The van der Waals surface area contributed by atoms with Crippen LogP contribution in [0.25, 0.3) is 22.5 Å². The molecule has 2 amide bonds. The Labute approximate surface area is 212 Å². The molecule has 0 aliphatic rings. The zero-order valence-corrected chi connectivity index (χ0v) is 20.5. The van der Waals surface area contributed by atoms with Gasteiger partial charge in [0.1, 0.15) is 5.82 Å². The number of aromatic nitrogens is 4. The van der Waals surface area contributed by atoms with Crippen LogP contribution in [0.1, 0.15) is 34.1 Å². The molecule has 4 aromatic rings. The number of carbonyl (C=O) groups excluding carboxylic acids is 2. The first-order chi connectivity index (χ1) is 17.8. The summed E-state index contributed by atoms with van der Waals surface area (Å²) in [6.07, 6.45) is 6.17. The normalized spacial score (nSPS) is 11.7. The molecule has 11 heteroatoms. The van der Waals surface area contributed by atoms with Gasteiger partial charge in [0, 0.05) is 55.8 Å². The summed E-state index contributed by atoms with van der Waals surface area (Å²) in [5, 5.41) is 9.89. The van der Waals surface area contributed by atoms with Crippen molar-refractivity contribution in [3.05, 3.63) is 83.2 Å². The number of anilines is 1. The van der Waals surface area contributed by atoms with Crippen molar-refractivity contribution in [1.29, 1.82) is 0 Å². The summed E-state index contributed by atoms with van der Waals surface area (Å²) in [6, 6.07) is 9.72. The zero-order chi connectivity index (χ0) is 26.5. The number of fused-ring (bicyclic) bond motifs is 1. The summed E-state index contributed by atoms with van der Waals surface area (Å²) in [6.45, 7) is 3.08. The van der Waals surface area contributed by atoms with Crippen LogP contribution in [0.2, 0.25) is 0 Å². The van der Waals surface area contributed by atoms with Crippen LogP contribution in [0.4, 0.5) is 10.2 Å². The lowest BCUT2D eigenvalue weighted by Crippen LogP contribution is -2.24. The molecule has 3 heterocycles. The van der Waals surface area contributed by atoms with Gasteiger partial charge in [0.2, 0.25) is 5.91 Å². The number of halogens is 1. The molecule has 0 saturated heterocycles. The standard InChI is InChI=1S/C26H25FN8O2/c1-15-21(26(37)31-12-18-8-17(4-5-22(18)27)20(10-28)11-29-3)9-19(13-30-15)23-6-7-25-33-24(32-16(2)36)14-35(25)34-23/h4-11,13-14H,12,28H2,1-3H3,(H,31,37)(H,32,36)/b20-10+,29-11?. The van der Waals surface area contributed by atoms with E-state index >= 15 is 0 Å². The number of carbonyl (C=O) groups is 2. The van der Waals surface area contributed by atoms with E-state index in [0.29, 0.717) is 50.7 Å². The number of amides is 2. The van der Waals surface area contributed by atoms with Crippen molar-refractivity contribution in [2.45, 2.75) is 20.4 Å². The minimum absolute atomic E-state index is 0.0333. The number of aliphatic imine (C=N–C) groups is 1. The van der Waals surface area contributed by atoms with Crippen molar-refractivity contribution in [2.75, 3.05) is 12.4 Å². The van der Waals surface area contributed by atoms with E-state index in [9.17, 15) is 14.0 Å². The molecule has 0 radical (unpaired) electrons. The summed E-state index contributed by atoms with van der Waals surface area (Å²) in [5.41, 5.74) is 9.84. The van der Waals surface area contributed by atoms with Gasteiger partial charge in [-0.15, -0.1) is 0 Å². The SMILES string of the molecule is CN=C/C(=C\N)c1ccc(F)c(CNC(=O)c2cc(-c3ccc4nc(NC(C)=O)cn4n3)cnc2C)c1. The molecule has 3 aromatic heterocycles. The number of nitrogens with one attached hydrogen (secondary N) is 2. The van der Waals surface area contributed by atoms with Crippen molar-refractivity contribution < 1.29 is 14.0 Å². The molecule has 0 spiro atoms. The smallest absolute Gasteiger partial charge is 0.253 e. The van der Waals surface area contributed by atoms with Gasteiger partial charge in [0.25, 0.3) is 5.91 Å². The first-order valence-corrected chi connectivity index (χ1v) is 11.3. The van der Waals surface area contributed by atoms with Gasteiger partial charge in [-0.2, -0.15) is 5.10 Å². The Morgan fingerprint density at radius 2 is 2.03 bits per heavy atom. The maximum Gasteiger partial charge on any atom is 0.253 e. The number of hydrogen-bond donors (Lipinski definition) is 3. The fourth-order valence-corrected chi connectivity index (χ4v) is 3.69. The van der Waals surface area contributed by atoms with Crippen LogP contribution in [0.3, 0.4) is 0 Å². The number of nitrogens with zero attached hydrogens (tertiary/aromatic N) is 5. The van der Waals surface area contributed by atoms with Crippen LogP contribution in [0.5, 0.6) is 0 Å². The van der Waals surface area contributed by atoms with E-state index in [0.717, 1.165) is 0 Å². The van der Waals surface area contributed by atoms with E-state index in [2.05, 4.69) is 30.7 Å². The summed E-state index contributed by atoms with van der Waals surface area (Å²) < 4.78 is 16.0. The second kappa shape index (κ2) is 10.8. The topological polar surface area (TPSA) is 140 Å². The maximum absolute atomic E-state index is 14.5. The molecule has 37 heavy (non-hydrogen) atoms. The molecule has 188 valence electrons. The zero-order valence-electron chi connectivity index (χ0n) is 20.5. The Hall–Kier alpha value is -4.93. The Bertz CT molecular complexity index is 1560. The predicted molar refractivity (Wildman–Crippen MR) is 139 cm³/mol. The summed E-state index contributed by atoms with van der Waals surface area (Å²) in [5.74, 6) is -0.710. The number of nitrogens with two attached hydrogens (primary N) is 1. The lowest BCUT2D eigenvalue weighted by molar-refractivity contribution is -0.114. The maximum atomic E-state index is 14.5. The van der Waals surface area contributed by atoms with Gasteiger partial charge in [0.15, 0.2) is 11.5 Å². The summed E-state index contributed by atoms with van der Waals surface area (Å²) in [4.78, 5) is 36.9. The van der Waals surface area contributed by atoms with Crippen LogP contribution in [-0.4, -0.2) is 44.7 Å². The monoisotopic (exact) mass is 500 g/mol. The highest BCUT2D eigenvalue weighted by molar-refractivity contribution is 6.09. The summed E-state index contributed by atoms with van der Waals surface area (Å²) >= 11 is 0. The van der Waals surface area contributed by atoms with Crippen molar-refractivity contribution in [3.63, 3.8) is 0 Å². The van der Waals surface area contributed by atoms with Crippen LogP contribution >= 0.6 is 0 Å². The average Bonchev–Trinajstić information content (AvgIpc) is 3.27. The Morgan fingerprint density at radius 3 is 2.76 bits per heavy atom. The molecular weight excluding hydrogens is 475 g/mol. The van der Waals surface area contributed by atoms with Crippen LogP contribution < -0.4 is 16.4 Å². The fourth-order valence-electron chi connectivity index (χ4n) is 3.69. The largest absolute Gasteiger partial charge is 0.404 e. The fraction of sp³-hybridized carbons (Fsp3) is 0.154. The number of imidazole rings is 1. The average molecular weight is 501 g/mol. The Kier molecular flexibility index (Phi) is 7.33. The molecule has 0 fully saturated rings. The van der Waals surface area contributed by atoms with E-state index in [1.54, 1.807) is 62.9 Å². The second-order valence-electron chi connectivity index (χ2n) is 8.18. The van der Waals surface area contributed by atoms with Crippen molar-refractivity contribution in [2.24, 2.45) is 10.7 Å². The molecule has 0 aliphatic heterocycles. The van der Waals surface area contributed by atoms with Gasteiger partial charge < -0.3 is 16.4 Å². The van der Waals surface area contributed by atoms with Crippen LogP contribution in [0, 0.1) is 12.7 Å². The summed E-state index contributed by atoms with van der Waals surface area (Å²) in [7, 11) is 1.62. The highest BCUT2D eigenvalue weighted by atomic mass is 19.1. The second-order valence-corrected chi connectivity index (χ2v) is 8.18. The number of pyridine rings is 1. The number of hydrogen-bond acceptors (Lipinski definition) is 7. The van der Waals surface area contributed by atoms with Crippen molar-refractivity contribution in [1.82, 2.24) is 24.9 Å². The van der Waals surface area contributed by atoms with E-state index in [1.165, 1.54) is 23.7 Å². The molecule has 4 N–H and O–H groups in total. The third-order valence-corrected chi connectivity index (χ3v) is 5.52. The molecule has 0 aliphatic carbocycles. The third kappa shape index (κ3) is 5.67. The molecule has 0 unspecified atom stereocenters. The van der Waals surface area contributed by atoms with Gasteiger partial charge in [-0.1, -0.05) is 6.07 Å². The van der Waals surface area contributed by atoms with Crippen LogP contribution in [0.15, 0.2) is 60.0 Å². The third-order valence-electron chi connectivity index (χ3n) is 5.52. The lowest BCUT2D eigenvalue weighted by atomic mass is 10.0. The van der Waals surface area contributed by atoms with Crippen molar-refractivity contribution >= 4 is 35.1 Å². The van der Waals surface area contributed by atoms with Gasteiger partial charge in [0.05, 0.1) is 23.1 Å². The van der Waals surface area contributed by atoms with Gasteiger partial charge in [-0.3, -0.25) is 19.6 Å². The Balaban J connectivity index is 1.56. The van der Waals surface area contributed by atoms with Crippen molar-refractivity contribution in [3.8, 4) is 11.3 Å². The van der Waals surface area contributed by atoms with Gasteiger partial charge in [-0.05, 0) is 42.8 Å². The Morgan fingerprint density at radius 1 is 1.22 bits per heavy atom. The van der Waals surface area contributed by atoms with Gasteiger partial charge >= 0.3 is 0 Å². The minimum atomic E-state index is -0.450. The quantitative estimate of drug-likeness (QED) is 0.333. The first kappa shape index (κ1) is 25.2. The number of allylic oxidation sites excluding steroid dienone is 1. The van der Waals surface area contributed by atoms with E-state index in [-0.39, 0.29) is 12.5 Å². The molecule has 1 aromatic carbocycles. The highest BCUT2D eigenvalue weighted by Gasteiger charge is 2.15. The number of aryl methyl sites for hydroxylation is 1. The predicted octanol–water partition coefficient (Wildman–Crippen LogP) is 3.13. The molecule has 10 nitrogen and oxygen atoms in total. The van der Waals surface area contributed by atoms with Gasteiger partial charge in [-0.25, -0.2) is 13.9 Å². The van der Waals surface area contributed by atoms with Crippen LogP contribution in [-0.2, 0) is 11.3 Å². The minimum Gasteiger partial charge on any atom is -0.404 e. The molecule has 0 atom stereocenters. The highest BCUT2D eigenvalue weighted by Crippen LogP contribution is 2.21. The van der Waals surface area contributed by atoms with E-state index < -0.39 is 11.7 Å². The molecule has 4 rings (SSSR count). The molecule has 0 bridgehead atoms. The first-order valence-electron chi connectivity index (χ1n) is 11.3. The molecular formula is C26H25FN8O2. The lowest BCUT2D eigenvalue weighted by Gasteiger charge is -2.11. The van der Waals surface area contributed by atoms with E-state index in [4.69, 9.17) is 5.73 Å². The number of rotatable bonds is 7. The van der Waals surface area contributed by atoms with E-state index in [1.807, 2.05) is 0 Å². The number of benzene rings is 1.